The van der Waals surface area contributed by atoms with E-state index in [0.717, 1.165) is 19.8 Å². The molecule has 0 aliphatic carbocycles. The molecule has 2 aliphatic heterocycles. The molecule has 2 rings (SSSR count). The minimum absolute atomic E-state index is 0.642. The minimum Gasteiger partial charge on any atom is -0.378 e. The van der Waals surface area contributed by atoms with E-state index in [0.29, 0.717) is 12.1 Å². The Morgan fingerprint density at radius 3 is 2.82 bits per heavy atom. The molecule has 11 heavy (non-hydrogen) atoms. The smallest absolute Gasteiger partial charge is 0.0645 e. The lowest BCUT2D eigenvalue weighted by atomic mass is 10.1. The van der Waals surface area contributed by atoms with Gasteiger partial charge in [0.15, 0.2) is 0 Å². The van der Waals surface area contributed by atoms with Gasteiger partial charge in [-0.25, -0.2) is 0 Å². The Labute approximate surface area is 67.5 Å². The number of nitrogens with two attached hydrogens (primary N) is 1. The van der Waals surface area contributed by atoms with Crippen LogP contribution < -0.4 is 5.73 Å². The van der Waals surface area contributed by atoms with Crippen molar-refractivity contribution >= 4 is 0 Å². The van der Waals surface area contributed by atoms with Crippen LogP contribution in [0.25, 0.3) is 0 Å². The van der Waals surface area contributed by atoms with Crippen molar-refractivity contribution in [3.8, 4) is 0 Å². The summed E-state index contributed by atoms with van der Waals surface area (Å²) in [5.41, 5.74) is 5.66. The van der Waals surface area contributed by atoms with Crippen LogP contribution in [0.2, 0.25) is 0 Å². The van der Waals surface area contributed by atoms with Crippen molar-refractivity contribution in [3.63, 3.8) is 0 Å². The number of likely N-dealkylation sites (tertiary alicyclic amines) is 1. The maximum atomic E-state index is 5.66. The van der Waals surface area contributed by atoms with Gasteiger partial charge < -0.3 is 10.5 Å². The van der Waals surface area contributed by atoms with E-state index in [9.17, 15) is 0 Å². The second-order valence-electron chi connectivity index (χ2n) is 3.46. The highest BCUT2D eigenvalue weighted by Gasteiger charge is 2.33. The number of nitrogens with zero attached hydrogens (tertiary/aromatic N) is 1. The van der Waals surface area contributed by atoms with Gasteiger partial charge >= 0.3 is 0 Å². The van der Waals surface area contributed by atoms with E-state index in [1.165, 1.54) is 19.4 Å². The standard InChI is InChI=1S/C8H16N2O/c9-4-7-2-1-3-10(7)8-5-11-6-8/h7-8H,1-6,9H2/t7-/m1/s1. The highest BCUT2D eigenvalue weighted by molar-refractivity contribution is 4.88. The fourth-order valence-electron chi connectivity index (χ4n) is 2.01. The monoisotopic (exact) mass is 156 g/mol. The molecule has 0 radical (unpaired) electrons. The molecule has 0 unspecified atom stereocenters. The molecular weight excluding hydrogens is 140 g/mol. The van der Waals surface area contributed by atoms with Gasteiger partial charge in [0.25, 0.3) is 0 Å². The topological polar surface area (TPSA) is 38.5 Å². The Morgan fingerprint density at radius 1 is 1.45 bits per heavy atom. The molecule has 2 aliphatic rings. The summed E-state index contributed by atoms with van der Waals surface area (Å²) < 4.78 is 5.16. The molecule has 0 saturated carbocycles. The molecule has 0 aromatic carbocycles. The van der Waals surface area contributed by atoms with Crippen LogP contribution in [0.4, 0.5) is 0 Å². The van der Waals surface area contributed by atoms with Crippen LogP contribution in [0.15, 0.2) is 0 Å². The summed E-state index contributed by atoms with van der Waals surface area (Å²) in [6, 6.07) is 1.33. The first kappa shape index (κ1) is 7.53. The summed E-state index contributed by atoms with van der Waals surface area (Å²) in [5.74, 6) is 0. The lowest BCUT2D eigenvalue weighted by molar-refractivity contribution is -0.0680. The number of hydrogen-bond acceptors (Lipinski definition) is 3. The van der Waals surface area contributed by atoms with E-state index < -0.39 is 0 Å². The van der Waals surface area contributed by atoms with E-state index in [2.05, 4.69) is 4.90 Å². The number of hydrogen-bond donors (Lipinski definition) is 1. The van der Waals surface area contributed by atoms with Gasteiger partial charge in [-0.2, -0.15) is 0 Å². The van der Waals surface area contributed by atoms with Gasteiger partial charge in [0.05, 0.1) is 19.3 Å². The summed E-state index contributed by atoms with van der Waals surface area (Å²) in [7, 11) is 0. The molecule has 0 aromatic heterocycles. The largest absolute Gasteiger partial charge is 0.378 e. The molecule has 0 bridgehead atoms. The van der Waals surface area contributed by atoms with Crippen LogP contribution >= 0.6 is 0 Å². The maximum absolute atomic E-state index is 5.66. The van der Waals surface area contributed by atoms with Gasteiger partial charge in [-0.1, -0.05) is 0 Å². The predicted octanol–water partition coefficient (Wildman–Crippen LogP) is -0.192. The van der Waals surface area contributed by atoms with Crippen LogP contribution in [-0.4, -0.2) is 43.3 Å². The molecule has 64 valence electrons. The van der Waals surface area contributed by atoms with E-state index in [1.54, 1.807) is 0 Å². The Balaban J connectivity index is 1.89. The van der Waals surface area contributed by atoms with Gasteiger partial charge in [0.1, 0.15) is 0 Å². The van der Waals surface area contributed by atoms with E-state index in [-0.39, 0.29) is 0 Å². The first-order valence-corrected chi connectivity index (χ1v) is 4.45. The third kappa shape index (κ3) is 1.28. The normalized spacial score (nSPS) is 34.1. The van der Waals surface area contributed by atoms with Gasteiger partial charge in [0, 0.05) is 12.6 Å². The average Bonchev–Trinajstić information content (AvgIpc) is 2.32. The third-order valence-corrected chi connectivity index (χ3v) is 2.78. The summed E-state index contributed by atoms with van der Waals surface area (Å²) in [5, 5.41) is 0. The predicted molar refractivity (Wildman–Crippen MR) is 43.4 cm³/mol. The highest BCUT2D eigenvalue weighted by atomic mass is 16.5. The first-order chi connectivity index (χ1) is 5.42. The summed E-state index contributed by atoms with van der Waals surface area (Å²) >= 11 is 0. The van der Waals surface area contributed by atoms with Crippen molar-refractivity contribution in [2.75, 3.05) is 26.3 Å². The van der Waals surface area contributed by atoms with Crippen LogP contribution in [0.5, 0.6) is 0 Å². The SMILES string of the molecule is NC[C@H]1CCCN1C1COC1. The number of rotatable bonds is 2. The van der Waals surface area contributed by atoms with E-state index in [1.807, 2.05) is 0 Å². The molecule has 2 heterocycles. The van der Waals surface area contributed by atoms with Crippen molar-refractivity contribution in [3.05, 3.63) is 0 Å². The van der Waals surface area contributed by atoms with Crippen molar-refractivity contribution in [2.45, 2.75) is 24.9 Å². The Morgan fingerprint density at radius 2 is 2.27 bits per heavy atom. The lowest BCUT2D eigenvalue weighted by Crippen LogP contribution is -2.52. The Hall–Kier alpha value is -0.120. The molecule has 3 nitrogen and oxygen atoms in total. The summed E-state index contributed by atoms with van der Waals surface area (Å²) in [6.45, 7) is 3.90. The van der Waals surface area contributed by atoms with Crippen molar-refractivity contribution in [1.29, 1.82) is 0 Å². The zero-order chi connectivity index (χ0) is 7.68. The minimum atomic E-state index is 0.642. The van der Waals surface area contributed by atoms with E-state index >= 15 is 0 Å². The van der Waals surface area contributed by atoms with Gasteiger partial charge in [0.2, 0.25) is 0 Å². The summed E-state index contributed by atoms with van der Waals surface area (Å²) in [6.07, 6.45) is 2.60. The maximum Gasteiger partial charge on any atom is 0.0645 e. The fraction of sp³-hybridized carbons (Fsp3) is 1.00. The third-order valence-electron chi connectivity index (χ3n) is 2.78. The van der Waals surface area contributed by atoms with Crippen LogP contribution in [0, 0.1) is 0 Å². The fourth-order valence-corrected chi connectivity index (χ4v) is 2.01. The first-order valence-electron chi connectivity index (χ1n) is 4.45. The second kappa shape index (κ2) is 3.09. The van der Waals surface area contributed by atoms with Crippen molar-refractivity contribution < 1.29 is 4.74 Å². The molecule has 2 fully saturated rings. The molecule has 1 atom stereocenters. The molecular formula is C8H16N2O. The summed E-state index contributed by atoms with van der Waals surface area (Å²) in [4.78, 5) is 2.52. The molecule has 0 amide bonds. The molecule has 2 saturated heterocycles. The van der Waals surface area contributed by atoms with Crippen LogP contribution in [0.3, 0.4) is 0 Å². The zero-order valence-electron chi connectivity index (χ0n) is 6.83. The average molecular weight is 156 g/mol. The van der Waals surface area contributed by atoms with Crippen molar-refractivity contribution in [1.82, 2.24) is 4.90 Å². The highest BCUT2D eigenvalue weighted by Crippen LogP contribution is 2.22. The molecule has 3 heteroatoms. The molecule has 2 N–H and O–H groups in total. The molecule has 0 aromatic rings. The Kier molecular flexibility index (Phi) is 2.11. The lowest BCUT2D eigenvalue weighted by Gasteiger charge is -2.37. The second-order valence-corrected chi connectivity index (χ2v) is 3.46. The quantitative estimate of drug-likeness (QED) is 0.602. The van der Waals surface area contributed by atoms with Crippen LogP contribution in [-0.2, 0) is 4.74 Å². The van der Waals surface area contributed by atoms with Gasteiger partial charge in [-0.3, -0.25) is 4.90 Å². The van der Waals surface area contributed by atoms with Crippen LogP contribution in [0.1, 0.15) is 12.8 Å². The van der Waals surface area contributed by atoms with Gasteiger partial charge in [-0.05, 0) is 19.4 Å². The Bertz CT molecular complexity index is 136. The number of ether oxygens (including phenoxy) is 1. The molecule has 0 spiro atoms. The zero-order valence-corrected chi connectivity index (χ0v) is 6.83. The van der Waals surface area contributed by atoms with Crippen molar-refractivity contribution in [2.24, 2.45) is 5.73 Å². The van der Waals surface area contributed by atoms with E-state index in [4.69, 9.17) is 10.5 Å². The van der Waals surface area contributed by atoms with Gasteiger partial charge in [-0.15, -0.1) is 0 Å².